The molecule has 3 rings (SSSR count). The number of ether oxygens (including phenoxy) is 1. The summed E-state index contributed by atoms with van der Waals surface area (Å²) in [4.78, 5) is 25.5. The van der Waals surface area contributed by atoms with Gasteiger partial charge >= 0.3 is 5.97 Å². The molecule has 2 aromatic rings. The topological polar surface area (TPSA) is 79.2 Å². The van der Waals surface area contributed by atoms with Gasteiger partial charge in [-0.1, -0.05) is 35.9 Å². The Kier molecular flexibility index (Phi) is 6.04. The van der Waals surface area contributed by atoms with Crippen LogP contribution in [0, 0.1) is 11.3 Å². The van der Waals surface area contributed by atoms with Crippen LogP contribution in [0.4, 0.5) is 5.69 Å². The summed E-state index contributed by atoms with van der Waals surface area (Å²) >= 11 is 7.23. The Morgan fingerprint density at radius 2 is 1.89 bits per heavy atom. The molecule has 5 nitrogen and oxygen atoms in total. The minimum absolute atomic E-state index is 0.283. The van der Waals surface area contributed by atoms with Crippen LogP contribution in [-0.2, 0) is 19.7 Å². The van der Waals surface area contributed by atoms with Crippen molar-refractivity contribution < 1.29 is 14.3 Å². The molecule has 27 heavy (non-hydrogen) atoms. The zero-order valence-corrected chi connectivity index (χ0v) is 16.0. The molecule has 0 aliphatic heterocycles. The molecular weight excluding hydrogens is 384 g/mol. The van der Waals surface area contributed by atoms with Crippen LogP contribution >= 0.6 is 23.4 Å². The van der Waals surface area contributed by atoms with Crippen LogP contribution in [0.25, 0.3) is 0 Å². The minimum Gasteiger partial charge on any atom is -0.455 e. The molecule has 1 amide bonds. The zero-order valence-electron chi connectivity index (χ0n) is 14.4. The lowest BCUT2D eigenvalue weighted by Gasteiger charge is -2.15. The highest BCUT2D eigenvalue weighted by molar-refractivity contribution is 7.99. The second kappa shape index (κ2) is 8.47. The van der Waals surface area contributed by atoms with Crippen molar-refractivity contribution >= 4 is 40.9 Å². The molecule has 0 bridgehead atoms. The Hall–Kier alpha value is -2.49. The van der Waals surface area contributed by atoms with E-state index < -0.39 is 17.3 Å². The van der Waals surface area contributed by atoms with Crippen molar-refractivity contribution in [3.05, 3.63) is 59.1 Å². The second-order valence-corrected chi connectivity index (χ2v) is 7.61. The first-order valence-corrected chi connectivity index (χ1v) is 9.73. The van der Waals surface area contributed by atoms with Gasteiger partial charge in [-0.2, -0.15) is 5.26 Å². The van der Waals surface area contributed by atoms with Crippen molar-refractivity contribution in [3.8, 4) is 6.07 Å². The molecular formula is C20H17ClN2O3S. The van der Waals surface area contributed by atoms with Crippen LogP contribution < -0.4 is 5.32 Å². The van der Waals surface area contributed by atoms with Crippen molar-refractivity contribution in [2.45, 2.75) is 23.2 Å². The molecule has 1 fully saturated rings. The molecule has 0 atom stereocenters. The van der Waals surface area contributed by atoms with E-state index in [9.17, 15) is 9.59 Å². The standard InChI is InChI=1S/C20H17ClN2O3S/c21-15-7-5-14(6-8-15)20(9-10-20)19(25)26-13-18(24)23-16-3-1-2-4-17(16)27-12-11-22/h1-8H,9-10,12-13H2,(H,23,24). The Bertz CT molecular complexity index is 889. The SMILES string of the molecule is N#CCSc1ccccc1NC(=O)COC(=O)C1(c2ccc(Cl)cc2)CC1. The summed E-state index contributed by atoms with van der Waals surface area (Å²) in [5.74, 6) is -0.529. The number of carbonyl (C=O) groups excluding carboxylic acids is 2. The van der Waals surface area contributed by atoms with Crippen molar-refractivity contribution in [1.29, 1.82) is 5.26 Å². The van der Waals surface area contributed by atoms with E-state index in [0.717, 1.165) is 10.5 Å². The number of esters is 1. The number of benzene rings is 2. The third kappa shape index (κ3) is 4.62. The number of hydrogen-bond donors (Lipinski definition) is 1. The Morgan fingerprint density at radius 3 is 2.56 bits per heavy atom. The maximum absolute atomic E-state index is 12.5. The van der Waals surface area contributed by atoms with Gasteiger partial charge in [-0.25, -0.2) is 0 Å². The highest BCUT2D eigenvalue weighted by Crippen LogP contribution is 2.49. The number of thioether (sulfide) groups is 1. The summed E-state index contributed by atoms with van der Waals surface area (Å²) < 4.78 is 5.27. The molecule has 1 aliphatic rings. The summed E-state index contributed by atoms with van der Waals surface area (Å²) in [5, 5.41) is 12.1. The fourth-order valence-corrected chi connectivity index (χ4v) is 3.56. The molecule has 0 unspecified atom stereocenters. The molecule has 7 heteroatoms. The average molecular weight is 401 g/mol. The van der Waals surface area contributed by atoms with Gasteiger partial charge in [0.05, 0.1) is 22.9 Å². The summed E-state index contributed by atoms with van der Waals surface area (Å²) in [6.45, 7) is -0.356. The highest BCUT2D eigenvalue weighted by atomic mass is 35.5. The van der Waals surface area contributed by atoms with E-state index in [1.165, 1.54) is 11.8 Å². The van der Waals surface area contributed by atoms with Gasteiger partial charge in [-0.3, -0.25) is 9.59 Å². The third-order valence-electron chi connectivity index (χ3n) is 4.33. The number of nitriles is 1. The van der Waals surface area contributed by atoms with Crippen molar-refractivity contribution in [3.63, 3.8) is 0 Å². The lowest BCUT2D eigenvalue weighted by molar-refractivity contribution is -0.150. The van der Waals surface area contributed by atoms with E-state index in [0.29, 0.717) is 23.6 Å². The summed E-state index contributed by atoms with van der Waals surface area (Å²) in [6, 6.07) is 16.4. The molecule has 1 N–H and O–H groups in total. The number of rotatable bonds is 7. The fraction of sp³-hybridized carbons (Fsp3) is 0.250. The van der Waals surface area contributed by atoms with Gasteiger partial charge in [-0.15, -0.1) is 11.8 Å². The second-order valence-electron chi connectivity index (χ2n) is 6.16. The molecule has 1 aliphatic carbocycles. The van der Waals surface area contributed by atoms with Gasteiger partial charge in [0.15, 0.2) is 6.61 Å². The van der Waals surface area contributed by atoms with Crippen molar-refractivity contribution in [2.24, 2.45) is 0 Å². The van der Waals surface area contributed by atoms with E-state index >= 15 is 0 Å². The predicted molar refractivity (Wildman–Crippen MR) is 105 cm³/mol. The minimum atomic E-state index is -0.661. The highest BCUT2D eigenvalue weighted by Gasteiger charge is 2.52. The number of halogens is 1. The van der Waals surface area contributed by atoms with Gasteiger partial charge in [0.25, 0.3) is 5.91 Å². The lowest BCUT2D eigenvalue weighted by Crippen LogP contribution is -2.28. The van der Waals surface area contributed by atoms with Gasteiger partial charge < -0.3 is 10.1 Å². The van der Waals surface area contributed by atoms with Crippen LogP contribution in [0.15, 0.2) is 53.4 Å². The number of carbonyl (C=O) groups is 2. The van der Waals surface area contributed by atoms with Crippen LogP contribution in [0.3, 0.4) is 0 Å². The van der Waals surface area contributed by atoms with Crippen molar-refractivity contribution in [1.82, 2.24) is 0 Å². The molecule has 0 saturated heterocycles. The van der Waals surface area contributed by atoms with E-state index in [1.807, 2.05) is 24.3 Å². The summed E-state index contributed by atoms with van der Waals surface area (Å²) in [5.41, 5.74) is 0.791. The molecule has 0 heterocycles. The largest absolute Gasteiger partial charge is 0.455 e. The van der Waals surface area contributed by atoms with Crippen LogP contribution in [-0.4, -0.2) is 24.2 Å². The van der Waals surface area contributed by atoms with Crippen molar-refractivity contribution in [2.75, 3.05) is 17.7 Å². The van der Waals surface area contributed by atoms with E-state index in [4.69, 9.17) is 21.6 Å². The van der Waals surface area contributed by atoms with E-state index in [-0.39, 0.29) is 12.4 Å². The molecule has 138 valence electrons. The Morgan fingerprint density at radius 1 is 1.19 bits per heavy atom. The van der Waals surface area contributed by atoms with E-state index in [1.54, 1.807) is 24.3 Å². The molecule has 0 spiro atoms. The molecule has 2 aromatic carbocycles. The number of amides is 1. The Labute approximate surface area is 166 Å². The third-order valence-corrected chi connectivity index (χ3v) is 5.52. The molecule has 0 radical (unpaired) electrons. The first kappa shape index (κ1) is 19.3. The lowest BCUT2D eigenvalue weighted by atomic mass is 9.96. The number of anilines is 1. The van der Waals surface area contributed by atoms with Gasteiger partial charge in [0.2, 0.25) is 0 Å². The number of nitrogens with zero attached hydrogens (tertiary/aromatic N) is 1. The average Bonchev–Trinajstić information content (AvgIpc) is 3.48. The normalized spacial score (nSPS) is 14.1. The van der Waals surface area contributed by atoms with Crippen LogP contribution in [0.1, 0.15) is 18.4 Å². The quantitative estimate of drug-likeness (QED) is 0.557. The van der Waals surface area contributed by atoms with E-state index in [2.05, 4.69) is 11.4 Å². The number of hydrogen-bond acceptors (Lipinski definition) is 5. The number of para-hydroxylation sites is 1. The predicted octanol–water partition coefficient (Wildman–Crippen LogP) is 4.17. The first-order valence-electron chi connectivity index (χ1n) is 8.37. The van der Waals surface area contributed by atoms with Crippen LogP contribution in [0.5, 0.6) is 0 Å². The fourth-order valence-electron chi connectivity index (χ4n) is 2.77. The maximum atomic E-state index is 12.5. The maximum Gasteiger partial charge on any atom is 0.317 e. The van der Waals surface area contributed by atoms with Gasteiger partial charge in [-0.05, 0) is 42.7 Å². The molecule has 0 aromatic heterocycles. The first-order chi connectivity index (χ1) is 13.0. The van der Waals surface area contributed by atoms with Gasteiger partial charge in [0.1, 0.15) is 0 Å². The Balaban J connectivity index is 1.58. The zero-order chi connectivity index (χ0) is 19.3. The monoisotopic (exact) mass is 400 g/mol. The molecule has 1 saturated carbocycles. The number of nitrogens with one attached hydrogen (secondary N) is 1. The van der Waals surface area contributed by atoms with Gasteiger partial charge in [0, 0.05) is 9.92 Å². The smallest absolute Gasteiger partial charge is 0.317 e. The van der Waals surface area contributed by atoms with Crippen LogP contribution in [0.2, 0.25) is 5.02 Å². The summed E-state index contributed by atoms with van der Waals surface area (Å²) in [7, 11) is 0. The summed E-state index contributed by atoms with van der Waals surface area (Å²) in [6.07, 6.45) is 1.39.